The summed E-state index contributed by atoms with van der Waals surface area (Å²) < 4.78 is 24.6. The molecule has 0 saturated carbocycles. The van der Waals surface area contributed by atoms with Crippen molar-refractivity contribution in [1.29, 1.82) is 0 Å². The van der Waals surface area contributed by atoms with Gasteiger partial charge in [-0.1, -0.05) is 38.1 Å². The largest absolute Gasteiger partial charge is 0.493 e. The standard InChI is InChI=1S/C32H40FN3O3/c1-21(2)39-28(37)20-27-22(3)35-31(34)29(30(27)36-17-15-32(4,5)16-18-36)24-8-12-26(13-9-24)38-19-14-23-6-10-25(33)11-7-23/h6-13,21H,14-20H2,1-5H3,(H2,34,35). The van der Waals surface area contributed by atoms with Gasteiger partial charge >= 0.3 is 5.97 Å². The Kier molecular flexibility index (Phi) is 8.78. The highest BCUT2D eigenvalue weighted by Gasteiger charge is 2.30. The third-order valence-corrected chi connectivity index (χ3v) is 7.34. The molecule has 0 spiro atoms. The third kappa shape index (κ3) is 7.28. The smallest absolute Gasteiger partial charge is 0.310 e. The van der Waals surface area contributed by atoms with Gasteiger partial charge in [0.2, 0.25) is 0 Å². The van der Waals surface area contributed by atoms with E-state index in [4.69, 9.17) is 15.2 Å². The molecule has 2 aromatic carbocycles. The second-order valence-corrected chi connectivity index (χ2v) is 11.4. The van der Waals surface area contributed by atoms with Crippen LogP contribution in [0.15, 0.2) is 48.5 Å². The normalized spacial score (nSPS) is 14.9. The number of benzene rings is 2. The van der Waals surface area contributed by atoms with Crippen LogP contribution in [0.1, 0.15) is 57.4 Å². The molecule has 1 aromatic heterocycles. The van der Waals surface area contributed by atoms with Crippen LogP contribution in [0.25, 0.3) is 11.1 Å². The number of nitrogens with two attached hydrogens (primary N) is 1. The van der Waals surface area contributed by atoms with E-state index in [2.05, 4.69) is 23.7 Å². The number of pyridine rings is 1. The molecule has 1 fully saturated rings. The molecule has 7 heteroatoms. The Balaban J connectivity index is 1.62. The number of carbonyl (C=O) groups excluding carboxylic acids is 1. The molecular weight excluding hydrogens is 493 g/mol. The molecule has 0 amide bonds. The fourth-order valence-corrected chi connectivity index (χ4v) is 5.03. The minimum atomic E-state index is -0.269. The number of ether oxygens (including phenoxy) is 2. The van der Waals surface area contributed by atoms with Crippen molar-refractivity contribution in [3.8, 4) is 16.9 Å². The van der Waals surface area contributed by atoms with Crippen LogP contribution >= 0.6 is 0 Å². The molecule has 0 aliphatic carbocycles. The lowest BCUT2D eigenvalue weighted by atomic mass is 9.82. The maximum absolute atomic E-state index is 13.1. The minimum Gasteiger partial charge on any atom is -0.493 e. The number of hydrogen-bond donors (Lipinski definition) is 1. The van der Waals surface area contributed by atoms with Gasteiger partial charge in [-0.15, -0.1) is 0 Å². The fraction of sp³-hybridized carbons (Fsp3) is 0.438. The maximum Gasteiger partial charge on any atom is 0.310 e. The van der Waals surface area contributed by atoms with Gasteiger partial charge in [0.15, 0.2) is 0 Å². The van der Waals surface area contributed by atoms with Gasteiger partial charge in [0.05, 0.1) is 24.8 Å². The molecule has 208 valence electrons. The maximum atomic E-state index is 13.1. The first kappa shape index (κ1) is 28.4. The van der Waals surface area contributed by atoms with E-state index in [0.717, 1.165) is 65.3 Å². The molecule has 0 radical (unpaired) electrons. The zero-order chi connectivity index (χ0) is 28.2. The molecule has 6 nitrogen and oxygen atoms in total. The van der Waals surface area contributed by atoms with E-state index < -0.39 is 0 Å². The van der Waals surface area contributed by atoms with Crippen molar-refractivity contribution >= 4 is 17.5 Å². The predicted molar refractivity (Wildman–Crippen MR) is 155 cm³/mol. The highest BCUT2D eigenvalue weighted by Crippen LogP contribution is 2.43. The van der Waals surface area contributed by atoms with Gasteiger partial charge in [0, 0.05) is 36.3 Å². The molecular formula is C32H40FN3O3. The van der Waals surface area contributed by atoms with Crippen molar-refractivity contribution in [3.05, 3.63) is 71.2 Å². The number of halogens is 1. The molecule has 1 aliphatic rings. The SMILES string of the molecule is Cc1nc(N)c(-c2ccc(OCCc3ccc(F)cc3)cc2)c(N2CCC(C)(C)CC2)c1CC(=O)OC(C)C. The lowest BCUT2D eigenvalue weighted by molar-refractivity contribution is -0.146. The summed E-state index contributed by atoms with van der Waals surface area (Å²) in [5.74, 6) is 0.668. The van der Waals surface area contributed by atoms with Crippen LogP contribution in [0.5, 0.6) is 5.75 Å². The number of nitrogens with zero attached hydrogens (tertiary/aromatic N) is 2. The van der Waals surface area contributed by atoms with Crippen LogP contribution in [-0.4, -0.2) is 36.8 Å². The van der Waals surface area contributed by atoms with E-state index in [0.29, 0.717) is 18.8 Å². The number of nitrogen functional groups attached to an aromatic ring is 1. The molecule has 0 unspecified atom stereocenters. The summed E-state index contributed by atoms with van der Waals surface area (Å²) in [7, 11) is 0. The van der Waals surface area contributed by atoms with E-state index >= 15 is 0 Å². The van der Waals surface area contributed by atoms with E-state index in [1.54, 1.807) is 12.1 Å². The van der Waals surface area contributed by atoms with Gasteiger partial charge in [-0.25, -0.2) is 9.37 Å². The summed E-state index contributed by atoms with van der Waals surface area (Å²) in [4.78, 5) is 19.8. The molecule has 0 atom stereocenters. The molecule has 1 aliphatic heterocycles. The third-order valence-electron chi connectivity index (χ3n) is 7.34. The summed E-state index contributed by atoms with van der Waals surface area (Å²) in [6.45, 7) is 12.5. The monoisotopic (exact) mass is 533 g/mol. The van der Waals surface area contributed by atoms with Crippen molar-refractivity contribution in [2.45, 2.75) is 66.4 Å². The molecule has 1 saturated heterocycles. The highest BCUT2D eigenvalue weighted by molar-refractivity contribution is 5.91. The zero-order valence-electron chi connectivity index (χ0n) is 23.7. The van der Waals surface area contributed by atoms with Crippen LogP contribution in [0.4, 0.5) is 15.9 Å². The predicted octanol–water partition coefficient (Wildman–Crippen LogP) is 6.52. The number of carbonyl (C=O) groups is 1. The number of rotatable bonds is 9. The van der Waals surface area contributed by atoms with Crippen molar-refractivity contribution < 1.29 is 18.7 Å². The number of anilines is 2. The summed E-state index contributed by atoms with van der Waals surface area (Å²) in [6, 6.07) is 14.3. The van der Waals surface area contributed by atoms with E-state index in [1.807, 2.05) is 45.0 Å². The number of aromatic nitrogens is 1. The molecule has 39 heavy (non-hydrogen) atoms. The van der Waals surface area contributed by atoms with Crippen LogP contribution < -0.4 is 15.4 Å². The summed E-state index contributed by atoms with van der Waals surface area (Å²) >= 11 is 0. The molecule has 4 rings (SSSR count). The Bertz CT molecular complexity index is 1280. The Morgan fingerprint density at radius 3 is 2.33 bits per heavy atom. The Morgan fingerprint density at radius 1 is 1.08 bits per heavy atom. The lowest BCUT2D eigenvalue weighted by Gasteiger charge is -2.40. The topological polar surface area (TPSA) is 77.7 Å². The van der Waals surface area contributed by atoms with Crippen LogP contribution in [0.3, 0.4) is 0 Å². The van der Waals surface area contributed by atoms with Crippen LogP contribution in [0, 0.1) is 18.2 Å². The molecule has 2 N–H and O–H groups in total. The van der Waals surface area contributed by atoms with Crippen molar-refractivity contribution in [2.75, 3.05) is 30.3 Å². The van der Waals surface area contributed by atoms with Crippen LogP contribution in [0.2, 0.25) is 0 Å². The summed E-state index contributed by atoms with van der Waals surface area (Å²) in [5.41, 5.74) is 12.2. The first-order valence-corrected chi connectivity index (χ1v) is 13.7. The van der Waals surface area contributed by atoms with Gasteiger partial charge in [-0.3, -0.25) is 4.79 Å². The molecule has 3 aromatic rings. The van der Waals surface area contributed by atoms with E-state index in [1.165, 1.54) is 12.1 Å². The Labute approximate surface area is 231 Å². The number of aryl methyl sites for hydroxylation is 1. The average Bonchev–Trinajstić information content (AvgIpc) is 2.87. The van der Waals surface area contributed by atoms with Gasteiger partial charge in [0.25, 0.3) is 0 Å². The van der Waals surface area contributed by atoms with Gasteiger partial charge < -0.3 is 20.1 Å². The Hall–Kier alpha value is -3.61. The number of hydrogen-bond acceptors (Lipinski definition) is 6. The first-order chi connectivity index (χ1) is 18.5. The Morgan fingerprint density at radius 2 is 1.72 bits per heavy atom. The van der Waals surface area contributed by atoms with Gasteiger partial charge in [-0.2, -0.15) is 0 Å². The summed E-state index contributed by atoms with van der Waals surface area (Å²) in [5, 5.41) is 0. The second kappa shape index (κ2) is 12.1. The van der Waals surface area contributed by atoms with Crippen LogP contribution in [-0.2, 0) is 22.4 Å². The zero-order valence-corrected chi connectivity index (χ0v) is 23.7. The minimum absolute atomic E-state index is 0.143. The van der Waals surface area contributed by atoms with E-state index in [-0.39, 0.29) is 29.7 Å². The average molecular weight is 534 g/mol. The van der Waals surface area contributed by atoms with Crippen molar-refractivity contribution in [2.24, 2.45) is 5.41 Å². The van der Waals surface area contributed by atoms with E-state index in [9.17, 15) is 9.18 Å². The molecule has 0 bridgehead atoms. The number of esters is 1. The van der Waals surface area contributed by atoms with Crippen molar-refractivity contribution in [3.63, 3.8) is 0 Å². The first-order valence-electron chi connectivity index (χ1n) is 13.7. The number of piperidine rings is 1. The van der Waals surface area contributed by atoms with Gasteiger partial charge in [0.1, 0.15) is 17.4 Å². The quantitative estimate of drug-likeness (QED) is 0.316. The lowest BCUT2D eigenvalue weighted by Crippen LogP contribution is -2.38. The van der Waals surface area contributed by atoms with Crippen molar-refractivity contribution in [1.82, 2.24) is 4.98 Å². The molecule has 2 heterocycles. The van der Waals surface area contributed by atoms with Gasteiger partial charge in [-0.05, 0) is 74.4 Å². The fourth-order valence-electron chi connectivity index (χ4n) is 5.03. The highest BCUT2D eigenvalue weighted by atomic mass is 19.1. The summed E-state index contributed by atoms with van der Waals surface area (Å²) in [6.07, 6.45) is 2.73. The second-order valence-electron chi connectivity index (χ2n) is 11.4.